The van der Waals surface area contributed by atoms with E-state index in [9.17, 15) is 13.4 Å². The highest BCUT2D eigenvalue weighted by molar-refractivity contribution is 7.86. The van der Waals surface area contributed by atoms with Gasteiger partial charge in [-0.3, -0.25) is 4.72 Å². The molecule has 28 heavy (non-hydrogen) atoms. The van der Waals surface area contributed by atoms with E-state index in [4.69, 9.17) is 16.3 Å². The minimum absolute atomic E-state index is 0.0471. The minimum Gasteiger partial charge on any atom is -0.494 e. The van der Waals surface area contributed by atoms with Crippen LogP contribution < -0.4 is 9.46 Å². The van der Waals surface area contributed by atoms with E-state index in [0.717, 1.165) is 10.4 Å². The van der Waals surface area contributed by atoms with E-state index < -0.39 is 22.8 Å². The zero-order chi connectivity index (χ0) is 20.3. The summed E-state index contributed by atoms with van der Waals surface area (Å²) in [7, 11) is 0.628. The van der Waals surface area contributed by atoms with Gasteiger partial charge in [-0.1, -0.05) is 23.7 Å². The Hall–Kier alpha value is -2.42. The van der Waals surface area contributed by atoms with Crippen LogP contribution in [-0.2, 0) is 15.7 Å². The number of carbonyl (C=O) groups excluding carboxylic acids is 1. The number of thiophene rings is 1. The van der Waals surface area contributed by atoms with Crippen molar-refractivity contribution in [3.63, 3.8) is 0 Å². The predicted octanol–water partition coefficient (Wildman–Crippen LogP) is 5.14. The maximum atomic E-state index is 14.3. The summed E-state index contributed by atoms with van der Waals surface area (Å²) in [5.41, 5.74) is 0.932. The molecule has 2 aromatic carbocycles. The summed E-state index contributed by atoms with van der Waals surface area (Å²) in [6.07, 6.45) is 0. The Labute approximate surface area is 172 Å². The first-order valence-electron chi connectivity index (χ1n) is 7.92. The van der Waals surface area contributed by atoms with Crippen molar-refractivity contribution >= 4 is 45.6 Å². The number of rotatable bonds is 6. The normalized spacial score (nSPS) is 11.7. The molecule has 1 atom stereocenters. The first-order chi connectivity index (χ1) is 13.4. The van der Waals surface area contributed by atoms with Crippen molar-refractivity contribution in [3.05, 3.63) is 64.2 Å². The Bertz CT molecular complexity index is 1040. The zero-order valence-corrected chi connectivity index (χ0v) is 17.2. The summed E-state index contributed by atoms with van der Waals surface area (Å²) in [6, 6.07) is 11.0. The highest BCUT2D eigenvalue weighted by atomic mass is 35.5. The molecule has 9 heteroatoms. The molecule has 3 rings (SSSR count). The summed E-state index contributed by atoms with van der Waals surface area (Å²) < 4.78 is 39.7. The highest BCUT2D eigenvalue weighted by Gasteiger charge is 2.20. The molecule has 0 fully saturated rings. The summed E-state index contributed by atoms with van der Waals surface area (Å²) in [6.45, 7) is 0. The number of hydrogen-bond acceptors (Lipinski definition) is 5. The van der Waals surface area contributed by atoms with Crippen molar-refractivity contribution in [2.45, 2.75) is 4.90 Å². The number of esters is 1. The number of hydrogen-bond donors (Lipinski definition) is 1. The third-order valence-electron chi connectivity index (χ3n) is 3.81. The maximum Gasteiger partial charge on any atom is 0.337 e. The summed E-state index contributed by atoms with van der Waals surface area (Å²) in [5, 5.41) is 2.00. The highest BCUT2D eigenvalue weighted by Crippen LogP contribution is 2.34. The fraction of sp³-hybridized carbons (Fsp3) is 0.105. The molecule has 0 bridgehead atoms. The van der Waals surface area contributed by atoms with Crippen LogP contribution in [0, 0.1) is 5.82 Å². The fourth-order valence-corrected chi connectivity index (χ4v) is 4.63. The van der Waals surface area contributed by atoms with E-state index in [1.165, 1.54) is 43.8 Å². The van der Waals surface area contributed by atoms with E-state index in [1.807, 2.05) is 17.5 Å². The molecule has 1 aromatic heterocycles. The van der Waals surface area contributed by atoms with Gasteiger partial charge in [0, 0.05) is 4.88 Å². The average molecular weight is 440 g/mol. The molecule has 0 spiro atoms. The second kappa shape index (κ2) is 8.72. The topological polar surface area (TPSA) is 64.6 Å². The van der Waals surface area contributed by atoms with Gasteiger partial charge >= 0.3 is 5.97 Å². The molecule has 0 saturated carbocycles. The zero-order valence-electron chi connectivity index (χ0n) is 14.8. The molecule has 0 aliphatic heterocycles. The smallest absolute Gasteiger partial charge is 0.337 e. The van der Waals surface area contributed by atoms with Gasteiger partial charge in [-0.05, 0) is 41.3 Å². The van der Waals surface area contributed by atoms with E-state index in [1.54, 1.807) is 12.1 Å². The molecule has 146 valence electrons. The standard InChI is InChI=1S/C19H15ClFNO4S2/c1-25-18-13(20)8-12(19(23)26-2)10-17(18)28(24)22-15-9-11(5-6-14(15)21)16-4-3-7-27-16/h3-10,22H,1-2H3. The summed E-state index contributed by atoms with van der Waals surface area (Å²) >= 11 is 7.65. The number of ether oxygens (including phenoxy) is 2. The van der Waals surface area contributed by atoms with Crippen molar-refractivity contribution < 1.29 is 22.9 Å². The van der Waals surface area contributed by atoms with Gasteiger partial charge in [0.2, 0.25) is 0 Å². The monoisotopic (exact) mass is 439 g/mol. The van der Waals surface area contributed by atoms with Crippen molar-refractivity contribution in [2.75, 3.05) is 18.9 Å². The molecule has 0 aliphatic carbocycles. The number of carbonyl (C=O) groups is 1. The Morgan fingerprint density at radius 1 is 1.21 bits per heavy atom. The first kappa shape index (κ1) is 20.3. The Morgan fingerprint density at radius 2 is 2.00 bits per heavy atom. The van der Waals surface area contributed by atoms with Crippen LogP contribution in [0.2, 0.25) is 5.02 Å². The predicted molar refractivity (Wildman–Crippen MR) is 109 cm³/mol. The molecule has 3 aromatic rings. The molecule has 5 nitrogen and oxygen atoms in total. The fourth-order valence-electron chi connectivity index (χ4n) is 2.49. The van der Waals surface area contributed by atoms with E-state index >= 15 is 0 Å². The Balaban J connectivity index is 1.98. The van der Waals surface area contributed by atoms with Crippen LogP contribution >= 0.6 is 22.9 Å². The maximum absolute atomic E-state index is 14.3. The lowest BCUT2D eigenvalue weighted by Gasteiger charge is -2.14. The Morgan fingerprint density at radius 3 is 2.64 bits per heavy atom. The molecule has 0 aliphatic rings. The summed E-state index contributed by atoms with van der Waals surface area (Å²) in [5.74, 6) is -1.09. The lowest BCUT2D eigenvalue weighted by molar-refractivity contribution is 0.0600. The molecule has 0 saturated heterocycles. The Kier molecular flexibility index (Phi) is 6.33. The van der Waals surface area contributed by atoms with E-state index in [2.05, 4.69) is 9.46 Å². The molecule has 1 heterocycles. The molecular weight excluding hydrogens is 425 g/mol. The second-order valence-corrected chi connectivity index (χ2v) is 8.06. The number of methoxy groups -OCH3 is 2. The molecular formula is C19H15ClFNO4S2. The van der Waals surface area contributed by atoms with Crippen molar-refractivity contribution in [1.29, 1.82) is 0 Å². The van der Waals surface area contributed by atoms with Gasteiger partial charge in [-0.2, -0.15) is 0 Å². The van der Waals surface area contributed by atoms with Gasteiger partial charge < -0.3 is 9.47 Å². The molecule has 1 N–H and O–H groups in total. The van der Waals surface area contributed by atoms with Crippen LogP contribution in [0.3, 0.4) is 0 Å². The average Bonchev–Trinajstić information content (AvgIpc) is 3.23. The van der Waals surface area contributed by atoms with Crippen LogP contribution in [0.4, 0.5) is 10.1 Å². The van der Waals surface area contributed by atoms with Gasteiger partial charge in [-0.25, -0.2) is 13.4 Å². The molecule has 0 radical (unpaired) electrons. The summed E-state index contributed by atoms with van der Waals surface area (Å²) in [4.78, 5) is 12.9. The van der Waals surface area contributed by atoms with Crippen molar-refractivity contribution in [3.8, 4) is 16.2 Å². The lowest BCUT2D eigenvalue weighted by atomic mass is 10.1. The first-order valence-corrected chi connectivity index (χ1v) is 10.3. The molecule has 0 amide bonds. The van der Waals surface area contributed by atoms with Crippen LogP contribution in [0.1, 0.15) is 10.4 Å². The van der Waals surface area contributed by atoms with Crippen LogP contribution in [0.5, 0.6) is 5.75 Å². The number of anilines is 1. The third-order valence-corrected chi connectivity index (χ3v) is 6.12. The van der Waals surface area contributed by atoms with E-state index in [0.29, 0.717) is 0 Å². The minimum atomic E-state index is -1.95. The van der Waals surface area contributed by atoms with Crippen LogP contribution in [-0.4, -0.2) is 24.4 Å². The quantitative estimate of drug-likeness (QED) is 0.540. The van der Waals surface area contributed by atoms with Crippen molar-refractivity contribution in [1.82, 2.24) is 0 Å². The number of benzene rings is 2. The number of halogens is 2. The second-order valence-electron chi connectivity index (χ2n) is 5.52. The van der Waals surface area contributed by atoms with Gasteiger partial charge in [0.15, 0.2) is 16.7 Å². The third kappa shape index (κ3) is 4.19. The van der Waals surface area contributed by atoms with Crippen molar-refractivity contribution in [2.24, 2.45) is 0 Å². The lowest BCUT2D eigenvalue weighted by Crippen LogP contribution is -2.10. The van der Waals surface area contributed by atoms with Crippen LogP contribution in [0.15, 0.2) is 52.7 Å². The number of nitrogens with one attached hydrogen (secondary N) is 1. The SMILES string of the molecule is COC(=O)c1cc(Cl)c(OC)c(S(=O)Nc2cc(-c3cccs3)ccc2F)c1. The largest absolute Gasteiger partial charge is 0.494 e. The van der Waals surface area contributed by atoms with E-state index in [-0.39, 0.29) is 26.9 Å². The molecule has 1 unspecified atom stereocenters. The van der Waals surface area contributed by atoms with Gasteiger partial charge in [0.1, 0.15) is 10.7 Å². The van der Waals surface area contributed by atoms with Crippen LogP contribution in [0.25, 0.3) is 10.4 Å². The van der Waals surface area contributed by atoms with Gasteiger partial charge in [0.05, 0.1) is 30.5 Å². The van der Waals surface area contributed by atoms with Gasteiger partial charge in [0.25, 0.3) is 0 Å². The van der Waals surface area contributed by atoms with Gasteiger partial charge in [-0.15, -0.1) is 11.3 Å².